The Kier molecular flexibility index (Phi) is 5.35. The van der Waals surface area contributed by atoms with E-state index in [0.717, 1.165) is 17.6 Å². The zero-order valence-corrected chi connectivity index (χ0v) is 11.8. The molecule has 0 bridgehead atoms. The fraction of sp³-hybridized carbons (Fsp3) is 0.357. The van der Waals surface area contributed by atoms with Gasteiger partial charge >= 0.3 is 0 Å². The van der Waals surface area contributed by atoms with E-state index >= 15 is 0 Å². The van der Waals surface area contributed by atoms with Gasteiger partial charge in [0.15, 0.2) is 0 Å². The average molecular weight is 265 g/mol. The van der Waals surface area contributed by atoms with Gasteiger partial charge in [0, 0.05) is 6.54 Å². The molecule has 0 aliphatic heterocycles. The second-order valence-corrected chi connectivity index (χ2v) is 5.91. The third-order valence-electron chi connectivity index (χ3n) is 2.59. The van der Waals surface area contributed by atoms with E-state index in [2.05, 4.69) is 10.5 Å². The minimum atomic E-state index is -3.41. The van der Waals surface area contributed by atoms with E-state index in [9.17, 15) is 8.42 Å². The Morgan fingerprint density at radius 3 is 2.50 bits per heavy atom. The molecule has 0 radical (unpaired) electrons. The lowest BCUT2D eigenvalue weighted by Gasteiger charge is -2.04. The van der Waals surface area contributed by atoms with Crippen LogP contribution in [0.3, 0.4) is 0 Å². The molecule has 0 spiro atoms. The summed E-state index contributed by atoms with van der Waals surface area (Å²) in [4.78, 5) is 0.290. The zero-order chi connectivity index (χ0) is 13.6. The van der Waals surface area contributed by atoms with Crippen molar-refractivity contribution in [1.29, 1.82) is 0 Å². The molecule has 1 aromatic carbocycles. The topological polar surface area (TPSA) is 46.2 Å². The van der Waals surface area contributed by atoms with E-state index < -0.39 is 10.0 Å². The van der Waals surface area contributed by atoms with E-state index in [1.165, 1.54) is 0 Å². The summed E-state index contributed by atoms with van der Waals surface area (Å²) in [6.45, 7) is 6.18. The van der Waals surface area contributed by atoms with Gasteiger partial charge in [-0.05, 0) is 44.1 Å². The highest BCUT2D eigenvalue weighted by Crippen LogP contribution is 2.09. The Labute approximate surface area is 109 Å². The van der Waals surface area contributed by atoms with Crippen molar-refractivity contribution in [2.75, 3.05) is 6.54 Å². The van der Waals surface area contributed by atoms with Crippen LogP contribution in [0.5, 0.6) is 0 Å². The molecule has 98 valence electrons. The Hall–Kier alpha value is -1.35. The number of nitrogens with one attached hydrogen (secondary N) is 1. The first kappa shape index (κ1) is 14.7. The van der Waals surface area contributed by atoms with Crippen molar-refractivity contribution in [2.45, 2.75) is 32.1 Å². The van der Waals surface area contributed by atoms with Crippen LogP contribution in [0.4, 0.5) is 0 Å². The predicted molar refractivity (Wildman–Crippen MR) is 73.9 cm³/mol. The van der Waals surface area contributed by atoms with E-state index in [4.69, 9.17) is 0 Å². The Morgan fingerprint density at radius 2 is 1.94 bits per heavy atom. The summed E-state index contributed by atoms with van der Waals surface area (Å²) in [6, 6.07) is 6.78. The zero-order valence-electron chi connectivity index (χ0n) is 11.0. The van der Waals surface area contributed by atoms with Crippen molar-refractivity contribution >= 4 is 10.0 Å². The van der Waals surface area contributed by atoms with E-state index in [-0.39, 0.29) is 11.4 Å². The van der Waals surface area contributed by atoms with Gasteiger partial charge in [0.2, 0.25) is 10.0 Å². The second-order valence-electron chi connectivity index (χ2n) is 4.15. The van der Waals surface area contributed by atoms with Crippen molar-refractivity contribution in [3.05, 3.63) is 47.2 Å². The molecule has 0 saturated carbocycles. The van der Waals surface area contributed by atoms with Crippen LogP contribution >= 0.6 is 0 Å². The van der Waals surface area contributed by atoms with Crippen molar-refractivity contribution in [1.82, 2.24) is 4.72 Å². The molecule has 1 rings (SSSR count). The monoisotopic (exact) mass is 265 g/mol. The van der Waals surface area contributed by atoms with Crippen LogP contribution in [-0.4, -0.2) is 15.0 Å². The summed E-state index contributed by atoms with van der Waals surface area (Å²) < 4.78 is 26.3. The fourth-order valence-corrected chi connectivity index (χ4v) is 2.24. The van der Waals surface area contributed by atoms with Crippen LogP contribution in [0.25, 0.3) is 0 Å². The molecule has 0 atom stereocenters. The molecule has 1 N–H and O–H groups in total. The first-order valence-electron chi connectivity index (χ1n) is 5.92. The molecular weight excluding hydrogens is 246 g/mol. The Balaban J connectivity index is 2.72. The first-order chi connectivity index (χ1) is 8.45. The average Bonchev–Trinajstić information content (AvgIpc) is 2.35. The van der Waals surface area contributed by atoms with Crippen LogP contribution in [0, 0.1) is 6.92 Å². The van der Waals surface area contributed by atoms with Gasteiger partial charge in [-0.3, -0.25) is 0 Å². The number of benzene rings is 1. The van der Waals surface area contributed by atoms with E-state index in [1.807, 2.05) is 20.8 Å². The number of hydrogen-bond donors (Lipinski definition) is 1. The minimum absolute atomic E-state index is 0.257. The smallest absolute Gasteiger partial charge is 0.207 e. The maximum absolute atomic E-state index is 11.9. The molecule has 0 unspecified atom stereocenters. The van der Waals surface area contributed by atoms with E-state index in [1.54, 1.807) is 30.3 Å². The summed E-state index contributed by atoms with van der Waals surface area (Å²) in [5.74, 6) is 0. The van der Waals surface area contributed by atoms with Crippen molar-refractivity contribution < 1.29 is 8.42 Å². The largest absolute Gasteiger partial charge is 0.240 e. The molecule has 18 heavy (non-hydrogen) atoms. The van der Waals surface area contributed by atoms with Crippen molar-refractivity contribution in [3.8, 4) is 0 Å². The molecular formula is C14H19NO2S. The third-order valence-corrected chi connectivity index (χ3v) is 4.02. The lowest BCUT2D eigenvalue weighted by atomic mass is 10.2. The van der Waals surface area contributed by atoms with Crippen LogP contribution < -0.4 is 4.72 Å². The fourth-order valence-electron chi connectivity index (χ4n) is 1.28. The molecule has 4 heteroatoms. The summed E-state index contributed by atoms with van der Waals surface area (Å²) in [7, 11) is -3.41. The van der Waals surface area contributed by atoms with E-state index in [0.29, 0.717) is 0 Å². The summed E-state index contributed by atoms with van der Waals surface area (Å²) >= 11 is 0. The molecule has 0 aliphatic carbocycles. The highest BCUT2D eigenvalue weighted by molar-refractivity contribution is 7.89. The standard InChI is InChI=1S/C14H19NO2S/c1-4-12(2)6-5-11-15-18(16,17)14-9-7-13(3)8-10-14/h5,7-10,15H,4,11H2,1-3H3. The second kappa shape index (κ2) is 6.55. The molecule has 0 amide bonds. The molecule has 0 aliphatic rings. The van der Waals surface area contributed by atoms with Gasteiger partial charge in [0.1, 0.15) is 0 Å². The number of rotatable bonds is 5. The van der Waals surface area contributed by atoms with Gasteiger partial charge in [0.05, 0.1) is 4.90 Å². The normalized spacial score (nSPS) is 10.8. The summed E-state index contributed by atoms with van der Waals surface area (Å²) in [5, 5.41) is 0. The van der Waals surface area contributed by atoms with Crippen molar-refractivity contribution in [3.63, 3.8) is 0 Å². The molecule has 0 aromatic heterocycles. The van der Waals surface area contributed by atoms with Gasteiger partial charge in [-0.15, -0.1) is 5.73 Å². The highest BCUT2D eigenvalue weighted by atomic mass is 32.2. The van der Waals surface area contributed by atoms with Gasteiger partial charge < -0.3 is 0 Å². The van der Waals surface area contributed by atoms with Crippen LogP contribution in [-0.2, 0) is 10.0 Å². The number of aryl methyl sites for hydroxylation is 1. The van der Waals surface area contributed by atoms with Gasteiger partial charge in [-0.25, -0.2) is 13.1 Å². The molecule has 0 heterocycles. The molecule has 1 aromatic rings. The van der Waals surface area contributed by atoms with Crippen LogP contribution in [0.1, 0.15) is 25.8 Å². The Morgan fingerprint density at radius 1 is 1.33 bits per heavy atom. The maximum atomic E-state index is 11.9. The highest BCUT2D eigenvalue weighted by Gasteiger charge is 2.11. The number of hydrogen-bond acceptors (Lipinski definition) is 2. The molecule has 0 saturated heterocycles. The van der Waals surface area contributed by atoms with Crippen molar-refractivity contribution in [2.24, 2.45) is 0 Å². The first-order valence-corrected chi connectivity index (χ1v) is 7.41. The van der Waals surface area contributed by atoms with Crippen LogP contribution in [0.2, 0.25) is 0 Å². The number of sulfonamides is 1. The lowest BCUT2D eigenvalue weighted by molar-refractivity contribution is 0.585. The third kappa shape index (κ3) is 4.49. The Bertz CT molecular complexity index is 550. The predicted octanol–water partition coefficient (Wildman–Crippen LogP) is 2.78. The quantitative estimate of drug-likeness (QED) is 0.832. The lowest BCUT2D eigenvalue weighted by Crippen LogP contribution is -2.23. The minimum Gasteiger partial charge on any atom is -0.207 e. The van der Waals surface area contributed by atoms with Crippen LogP contribution in [0.15, 0.2) is 46.5 Å². The SMILES string of the molecule is CCC(C)=C=CCNS(=O)(=O)c1ccc(C)cc1. The molecule has 0 fully saturated rings. The summed E-state index contributed by atoms with van der Waals surface area (Å²) in [5.41, 5.74) is 5.17. The maximum Gasteiger partial charge on any atom is 0.240 e. The van der Waals surface area contributed by atoms with Gasteiger partial charge in [0.25, 0.3) is 0 Å². The van der Waals surface area contributed by atoms with Gasteiger partial charge in [-0.2, -0.15) is 0 Å². The summed E-state index contributed by atoms with van der Waals surface area (Å²) in [6.07, 6.45) is 2.62. The van der Waals surface area contributed by atoms with Gasteiger partial charge in [-0.1, -0.05) is 24.6 Å². The molecule has 3 nitrogen and oxygen atoms in total.